The van der Waals surface area contributed by atoms with Crippen LogP contribution in [0.25, 0.3) is 0 Å². The van der Waals surface area contributed by atoms with Crippen molar-refractivity contribution in [3.63, 3.8) is 0 Å². The van der Waals surface area contributed by atoms with E-state index in [0.717, 1.165) is 44.9 Å². The summed E-state index contributed by atoms with van der Waals surface area (Å²) in [7, 11) is 0. The Balaban J connectivity index is 3.40. The minimum atomic E-state index is -0.773. The lowest BCUT2D eigenvalue weighted by Gasteiger charge is -2.15. The van der Waals surface area contributed by atoms with Crippen LogP contribution >= 0.6 is 0 Å². The Morgan fingerprint density at radius 1 is 0.365 bits per heavy atom. The smallest absolute Gasteiger partial charge is 0.306 e. The fourth-order valence-electron chi connectivity index (χ4n) is 8.71. The van der Waals surface area contributed by atoms with Crippen molar-refractivity contribution in [2.24, 2.45) is 0 Å². The van der Waals surface area contributed by atoms with Gasteiger partial charge in [0.1, 0.15) is 6.61 Å². The zero-order chi connectivity index (χ0) is 45.6. The molecule has 0 fully saturated rings. The second-order valence-corrected chi connectivity index (χ2v) is 19.4. The highest BCUT2D eigenvalue weighted by atomic mass is 16.6. The van der Waals surface area contributed by atoms with E-state index in [1.165, 1.54) is 244 Å². The van der Waals surface area contributed by atoms with Gasteiger partial charge in [-0.05, 0) is 44.9 Å². The van der Waals surface area contributed by atoms with Gasteiger partial charge in [-0.1, -0.05) is 282 Å². The third kappa shape index (κ3) is 52.9. The first-order chi connectivity index (χ1) is 31.1. The van der Waals surface area contributed by atoms with Gasteiger partial charge in [0.25, 0.3) is 0 Å². The van der Waals surface area contributed by atoms with E-state index in [9.17, 15) is 14.7 Å². The lowest BCUT2D eigenvalue weighted by atomic mass is 10.0. The first-order valence-electron chi connectivity index (χ1n) is 28.4. The van der Waals surface area contributed by atoms with Gasteiger partial charge in [-0.3, -0.25) is 9.59 Å². The van der Waals surface area contributed by atoms with E-state index in [2.05, 4.69) is 38.2 Å². The summed E-state index contributed by atoms with van der Waals surface area (Å²) < 4.78 is 10.7. The van der Waals surface area contributed by atoms with E-state index in [0.29, 0.717) is 12.8 Å². The SMILES string of the molecule is CCCCCC/C=C\C/C=C\CCCCCCCCCC(=O)OC(CO)COC(=O)CCCCCCCCCCCCCCCCCCCCCCCCCCCCCCCCC. The number of carbonyl (C=O) groups excluding carboxylic acids is 2. The maximum atomic E-state index is 12.3. The molecule has 0 aromatic carbocycles. The van der Waals surface area contributed by atoms with Crippen LogP contribution in [0, 0.1) is 0 Å². The van der Waals surface area contributed by atoms with E-state index in [1.807, 2.05) is 0 Å². The minimum Gasteiger partial charge on any atom is -0.462 e. The van der Waals surface area contributed by atoms with Crippen molar-refractivity contribution in [3.8, 4) is 0 Å². The van der Waals surface area contributed by atoms with Gasteiger partial charge in [-0.2, -0.15) is 0 Å². The molecule has 0 aliphatic rings. The van der Waals surface area contributed by atoms with Crippen LogP contribution in [-0.2, 0) is 19.1 Å². The second kappa shape index (κ2) is 54.7. The van der Waals surface area contributed by atoms with E-state index in [-0.39, 0.29) is 25.2 Å². The molecule has 0 saturated heterocycles. The second-order valence-electron chi connectivity index (χ2n) is 19.4. The van der Waals surface area contributed by atoms with Gasteiger partial charge in [0.2, 0.25) is 0 Å². The van der Waals surface area contributed by atoms with Gasteiger partial charge in [0.15, 0.2) is 6.10 Å². The van der Waals surface area contributed by atoms with E-state index >= 15 is 0 Å². The molecule has 0 amide bonds. The summed E-state index contributed by atoms with van der Waals surface area (Å²) in [5.74, 6) is -0.582. The molecule has 0 aliphatic heterocycles. The zero-order valence-corrected chi connectivity index (χ0v) is 42.6. The van der Waals surface area contributed by atoms with Crippen molar-refractivity contribution in [1.29, 1.82) is 0 Å². The summed E-state index contributed by atoms with van der Waals surface area (Å²) in [5.41, 5.74) is 0. The molecular weight excluding hydrogens is 777 g/mol. The van der Waals surface area contributed by atoms with Crippen LogP contribution in [-0.4, -0.2) is 36.4 Å². The molecule has 0 saturated carbocycles. The Morgan fingerprint density at radius 3 is 0.952 bits per heavy atom. The number of ether oxygens (including phenoxy) is 2. The standard InChI is InChI=1S/C58H110O5/c1-3-5-7-9-11-13-15-17-19-21-23-24-25-26-27-28-29-30-31-32-33-34-35-37-38-40-42-44-46-48-50-52-57(60)62-55-56(54-59)63-58(61)53-51-49-47-45-43-41-39-36-22-20-18-16-14-12-10-8-6-4-2/h14,16,20,22,56,59H,3-13,15,17-19,21,23-55H2,1-2H3/b16-14-,22-20-. The molecule has 0 bridgehead atoms. The van der Waals surface area contributed by atoms with Crippen LogP contribution in [0.1, 0.15) is 316 Å². The first kappa shape index (κ1) is 61.4. The van der Waals surface area contributed by atoms with Gasteiger partial charge in [-0.25, -0.2) is 0 Å². The summed E-state index contributed by atoms with van der Waals surface area (Å²) in [4.78, 5) is 24.5. The van der Waals surface area contributed by atoms with Crippen LogP contribution < -0.4 is 0 Å². The van der Waals surface area contributed by atoms with E-state index in [1.54, 1.807) is 0 Å². The molecule has 5 nitrogen and oxygen atoms in total. The normalized spacial score (nSPS) is 12.2. The highest BCUT2D eigenvalue weighted by Crippen LogP contribution is 2.18. The summed E-state index contributed by atoms with van der Waals surface area (Å²) in [6, 6.07) is 0. The number of aliphatic hydroxyl groups excluding tert-OH is 1. The van der Waals surface area contributed by atoms with Gasteiger partial charge < -0.3 is 14.6 Å². The van der Waals surface area contributed by atoms with Crippen molar-refractivity contribution in [2.45, 2.75) is 322 Å². The predicted molar refractivity (Wildman–Crippen MR) is 275 cm³/mol. The minimum absolute atomic E-state index is 0.0638. The van der Waals surface area contributed by atoms with Crippen molar-refractivity contribution >= 4 is 11.9 Å². The highest BCUT2D eigenvalue weighted by molar-refractivity contribution is 5.70. The first-order valence-corrected chi connectivity index (χ1v) is 28.4. The van der Waals surface area contributed by atoms with Crippen molar-refractivity contribution in [1.82, 2.24) is 0 Å². The Bertz CT molecular complexity index is 959. The molecule has 0 heterocycles. The largest absolute Gasteiger partial charge is 0.462 e. The number of unbranched alkanes of at least 4 members (excludes halogenated alkanes) is 41. The molecule has 0 aromatic rings. The summed E-state index contributed by atoms with van der Waals surface area (Å²) in [5, 5.41) is 9.63. The van der Waals surface area contributed by atoms with E-state index < -0.39 is 6.10 Å². The Kier molecular flexibility index (Phi) is 53.3. The van der Waals surface area contributed by atoms with Gasteiger partial charge >= 0.3 is 11.9 Å². The van der Waals surface area contributed by atoms with Gasteiger partial charge in [-0.15, -0.1) is 0 Å². The van der Waals surface area contributed by atoms with Crippen molar-refractivity contribution in [3.05, 3.63) is 24.3 Å². The van der Waals surface area contributed by atoms with Gasteiger partial charge in [0, 0.05) is 12.8 Å². The number of esters is 2. The third-order valence-corrected chi connectivity index (χ3v) is 13.0. The molecule has 5 heteroatoms. The lowest BCUT2D eigenvalue weighted by molar-refractivity contribution is -0.161. The molecule has 372 valence electrons. The summed E-state index contributed by atoms with van der Waals surface area (Å²) in [6.07, 6.45) is 68.8. The average Bonchev–Trinajstić information content (AvgIpc) is 3.29. The maximum Gasteiger partial charge on any atom is 0.306 e. The Hall–Kier alpha value is -1.62. The number of rotatable bonds is 53. The molecule has 1 unspecified atom stereocenters. The van der Waals surface area contributed by atoms with E-state index in [4.69, 9.17) is 9.47 Å². The van der Waals surface area contributed by atoms with Crippen LogP contribution in [0.15, 0.2) is 24.3 Å². The lowest BCUT2D eigenvalue weighted by Crippen LogP contribution is -2.28. The summed E-state index contributed by atoms with van der Waals surface area (Å²) in [6.45, 7) is 4.16. The predicted octanol–water partition coefficient (Wildman–Crippen LogP) is 18.9. The number of hydrogen-bond acceptors (Lipinski definition) is 5. The van der Waals surface area contributed by atoms with Crippen molar-refractivity contribution in [2.75, 3.05) is 13.2 Å². The number of allylic oxidation sites excluding steroid dienone is 4. The number of hydrogen-bond donors (Lipinski definition) is 1. The fourth-order valence-corrected chi connectivity index (χ4v) is 8.71. The Morgan fingerprint density at radius 2 is 0.635 bits per heavy atom. The molecule has 0 spiro atoms. The fraction of sp³-hybridized carbons (Fsp3) is 0.897. The molecule has 0 radical (unpaired) electrons. The molecule has 63 heavy (non-hydrogen) atoms. The average molecular weight is 888 g/mol. The monoisotopic (exact) mass is 887 g/mol. The molecule has 0 rings (SSSR count). The molecule has 1 atom stereocenters. The number of aliphatic hydroxyl groups is 1. The molecular formula is C58H110O5. The quantitative estimate of drug-likeness (QED) is 0.0374. The highest BCUT2D eigenvalue weighted by Gasteiger charge is 2.16. The third-order valence-electron chi connectivity index (χ3n) is 13.0. The molecule has 0 aromatic heterocycles. The van der Waals surface area contributed by atoms with Crippen LogP contribution in [0.5, 0.6) is 0 Å². The number of carbonyl (C=O) groups is 2. The van der Waals surface area contributed by atoms with Crippen molar-refractivity contribution < 1.29 is 24.2 Å². The van der Waals surface area contributed by atoms with Gasteiger partial charge in [0.05, 0.1) is 6.61 Å². The molecule has 0 aliphatic carbocycles. The summed E-state index contributed by atoms with van der Waals surface area (Å²) >= 11 is 0. The van der Waals surface area contributed by atoms with Crippen LogP contribution in [0.4, 0.5) is 0 Å². The Labute approximate surface area is 394 Å². The topological polar surface area (TPSA) is 72.8 Å². The van der Waals surface area contributed by atoms with Crippen LogP contribution in [0.2, 0.25) is 0 Å². The van der Waals surface area contributed by atoms with Crippen LogP contribution in [0.3, 0.4) is 0 Å². The molecule has 1 N–H and O–H groups in total. The maximum absolute atomic E-state index is 12.3. The zero-order valence-electron chi connectivity index (χ0n) is 42.6.